The molecule has 1 atom stereocenters. The largest absolute Gasteiger partial charge is 0.392 e. The van der Waals surface area contributed by atoms with Crippen molar-refractivity contribution in [1.82, 2.24) is 9.55 Å². The lowest BCUT2D eigenvalue weighted by Crippen LogP contribution is -2.13. The Hall–Kier alpha value is -2.20. The van der Waals surface area contributed by atoms with Crippen LogP contribution < -0.4 is 0 Å². The molecule has 1 N–H and O–H groups in total. The lowest BCUT2D eigenvalue weighted by molar-refractivity contribution is 0.175. The molecule has 0 aliphatic rings. The molecule has 1 heterocycles. The second-order valence-electron chi connectivity index (χ2n) is 5.32. The van der Waals surface area contributed by atoms with Crippen LogP contribution >= 0.6 is 0 Å². The molecule has 0 spiro atoms. The molecule has 0 aliphatic heterocycles. The molecule has 0 saturated heterocycles. The molecule has 0 bridgehead atoms. The van der Waals surface area contributed by atoms with Crippen LogP contribution in [0.5, 0.6) is 0 Å². The van der Waals surface area contributed by atoms with Crippen LogP contribution in [0.3, 0.4) is 0 Å². The first kappa shape index (κ1) is 13.8. The Balaban J connectivity index is 2.31. The maximum atomic E-state index is 14.1. The lowest BCUT2D eigenvalue weighted by atomic mass is 10.2. The van der Waals surface area contributed by atoms with Crippen molar-refractivity contribution in [1.29, 1.82) is 0 Å². The predicted molar refractivity (Wildman–Crippen MR) is 81.5 cm³/mol. The second kappa shape index (κ2) is 5.30. The number of rotatable bonds is 3. The smallest absolute Gasteiger partial charge is 0.144 e. The van der Waals surface area contributed by atoms with Gasteiger partial charge in [-0.05, 0) is 37.6 Å². The summed E-state index contributed by atoms with van der Waals surface area (Å²) in [5.74, 6) is 0.246. The third kappa shape index (κ3) is 2.43. The van der Waals surface area contributed by atoms with Crippen molar-refractivity contribution in [3.8, 4) is 11.4 Å². The summed E-state index contributed by atoms with van der Waals surface area (Å²) in [6.45, 7) is 4.07. The van der Waals surface area contributed by atoms with Crippen LogP contribution in [0.1, 0.15) is 12.5 Å². The first-order chi connectivity index (χ1) is 10.1. The monoisotopic (exact) mass is 284 g/mol. The summed E-state index contributed by atoms with van der Waals surface area (Å²) in [6.07, 6.45) is -0.534. The quantitative estimate of drug-likeness (QED) is 0.799. The summed E-state index contributed by atoms with van der Waals surface area (Å²) in [5.41, 5.74) is 3.24. The predicted octanol–water partition coefficient (Wildman–Crippen LogP) is 3.53. The van der Waals surface area contributed by atoms with E-state index in [2.05, 4.69) is 4.98 Å². The summed E-state index contributed by atoms with van der Waals surface area (Å²) in [6, 6.07) is 12.5. The average molecular weight is 284 g/mol. The molecule has 2 aromatic carbocycles. The van der Waals surface area contributed by atoms with Gasteiger partial charge in [0.1, 0.15) is 11.6 Å². The zero-order valence-corrected chi connectivity index (χ0v) is 12.0. The van der Waals surface area contributed by atoms with Crippen LogP contribution in [0.4, 0.5) is 4.39 Å². The van der Waals surface area contributed by atoms with Gasteiger partial charge in [-0.15, -0.1) is 0 Å². The van der Waals surface area contributed by atoms with Gasteiger partial charge in [0.2, 0.25) is 0 Å². The molecule has 0 radical (unpaired) electrons. The summed E-state index contributed by atoms with van der Waals surface area (Å²) in [7, 11) is 0. The molecule has 3 nitrogen and oxygen atoms in total. The van der Waals surface area contributed by atoms with Gasteiger partial charge in [-0.2, -0.15) is 0 Å². The second-order valence-corrected chi connectivity index (χ2v) is 5.32. The molecule has 0 saturated carbocycles. The van der Waals surface area contributed by atoms with Gasteiger partial charge in [-0.25, -0.2) is 9.37 Å². The Kier molecular flexibility index (Phi) is 3.47. The molecule has 108 valence electrons. The maximum absolute atomic E-state index is 14.1. The fourth-order valence-electron chi connectivity index (χ4n) is 2.58. The van der Waals surface area contributed by atoms with Crippen molar-refractivity contribution in [2.75, 3.05) is 0 Å². The standard InChI is InChI=1S/C17H17FN2O/c1-11-6-5-9-15-16(11)19-17(20(15)10-12(2)21)13-7-3-4-8-14(13)18/h3-9,12,21H,10H2,1-2H3. The number of aliphatic hydroxyl groups is 1. The first-order valence-electron chi connectivity index (χ1n) is 6.96. The summed E-state index contributed by atoms with van der Waals surface area (Å²) < 4.78 is 16.0. The Labute approximate surface area is 122 Å². The van der Waals surface area contributed by atoms with Crippen molar-refractivity contribution in [2.24, 2.45) is 0 Å². The fourth-order valence-corrected chi connectivity index (χ4v) is 2.58. The number of nitrogens with zero attached hydrogens (tertiary/aromatic N) is 2. The highest BCUT2D eigenvalue weighted by Gasteiger charge is 2.17. The van der Waals surface area contributed by atoms with Crippen molar-refractivity contribution in [2.45, 2.75) is 26.5 Å². The van der Waals surface area contributed by atoms with Crippen molar-refractivity contribution in [3.63, 3.8) is 0 Å². The number of halogens is 1. The number of aromatic nitrogens is 2. The van der Waals surface area contributed by atoms with Crippen LogP contribution in [0.15, 0.2) is 42.5 Å². The Morgan fingerprint density at radius 1 is 1.19 bits per heavy atom. The molecule has 1 unspecified atom stereocenters. The van der Waals surface area contributed by atoms with Crippen molar-refractivity contribution in [3.05, 3.63) is 53.8 Å². The minimum Gasteiger partial charge on any atom is -0.392 e. The third-order valence-corrected chi connectivity index (χ3v) is 3.54. The van der Waals surface area contributed by atoms with E-state index in [-0.39, 0.29) is 5.82 Å². The molecular formula is C17H17FN2O. The van der Waals surface area contributed by atoms with E-state index in [0.717, 1.165) is 16.6 Å². The summed E-state index contributed by atoms with van der Waals surface area (Å²) >= 11 is 0. The summed E-state index contributed by atoms with van der Waals surface area (Å²) in [5, 5.41) is 9.75. The van der Waals surface area contributed by atoms with Crippen molar-refractivity contribution < 1.29 is 9.50 Å². The topological polar surface area (TPSA) is 38.0 Å². The number of fused-ring (bicyclic) bond motifs is 1. The van der Waals surface area contributed by atoms with E-state index in [1.54, 1.807) is 25.1 Å². The van der Waals surface area contributed by atoms with Gasteiger partial charge in [-0.3, -0.25) is 0 Å². The van der Waals surface area contributed by atoms with Crippen molar-refractivity contribution >= 4 is 11.0 Å². The molecule has 21 heavy (non-hydrogen) atoms. The molecule has 4 heteroatoms. The van der Waals surface area contributed by atoms with Crippen LogP contribution in [-0.2, 0) is 6.54 Å². The normalized spacial score (nSPS) is 12.8. The summed E-state index contributed by atoms with van der Waals surface area (Å²) in [4.78, 5) is 4.61. The Bertz CT molecular complexity index is 793. The van der Waals surface area contributed by atoms with Crippen LogP contribution in [0, 0.1) is 12.7 Å². The van der Waals surface area contributed by atoms with Gasteiger partial charge >= 0.3 is 0 Å². The number of hydrogen-bond donors (Lipinski definition) is 1. The van der Waals surface area contributed by atoms with E-state index in [1.165, 1.54) is 6.07 Å². The van der Waals surface area contributed by atoms with E-state index >= 15 is 0 Å². The van der Waals surface area contributed by atoms with Gasteiger partial charge in [0, 0.05) is 0 Å². The van der Waals surface area contributed by atoms with E-state index in [9.17, 15) is 9.50 Å². The van der Waals surface area contributed by atoms with E-state index in [0.29, 0.717) is 17.9 Å². The highest BCUT2D eigenvalue weighted by molar-refractivity contribution is 5.83. The SMILES string of the molecule is Cc1cccc2c1nc(-c1ccccc1F)n2CC(C)O. The molecule has 0 aliphatic carbocycles. The van der Waals surface area contributed by atoms with Gasteiger partial charge in [-0.1, -0.05) is 24.3 Å². The van der Waals surface area contributed by atoms with E-state index < -0.39 is 6.10 Å². The Morgan fingerprint density at radius 2 is 1.95 bits per heavy atom. The molecule has 3 aromatic rings. The molecule has 1 aromatic heterocycles. The van der Waals surface area contributed by atoms with Gasteiger partial charge in [0.05, 0.1) is 29.2 Å². The maximum Gasteiger partial charge on any atom is 0.144 e. The number of benzene rings is 2. The molecule has 0 amide bonds. The average Bonchev–Trinajstić information content (AvgIpc) is 2.79. The number of hydrogen-bond acceptors (Lipinski definition) is 2. The van der Waals surface area contributed by atoms with Crippen LogP contribution in [0.25, 0.3) is 22.4 Å². The minimum atomic E-state index is -0.534. The van der Waals surface area contributed by atoms with Gasteiger partial charge in [0.15, 0.2) is 0 Å². The van der Waals surface area contributed by atoms with Gasteiger partial charge in [0.25, 0.3) is 0 Å². The number of aliphatic hydroxyl groups excluding tert-OH is 1. The number of para-hydroxylation sites is 1. The zero-order chi connectivity index (χ0) is 15.0. The van der Waals surface area contributed by atoms with Crippen LogP contribution in [-0.4, -0.2) is 20.8 Å². The molecule has 3 rings (SSSR count). The van der Waals surface area contributed by atoms with E-state index in [1.807, 2.05) is 29.7 Å². The van der Waals surface area contributed by atoms with E-state index in [4.69, 9.17) is 0 Å². The van der Waals surface area contributed by atoms with Gasteiger partial charge < -0.3 is 9.67 Å². The fraction of sp³-hybridized carbons (Fsp3) is 0.235. The first-order valence-corrected chi connectivity index (χ1v) is 6.96. The highest BCUT2D eigenvalue weighted by atomic mass is 19.1. The molecule has 0 fully saturated rings. The molecular weight excluding hydrogens is 267 g/mol. The number of aryl methyl sites for hydroxylation is 1. The minimum absolute atomic E-state index is 0.308. The third-order valence-electron chi connectivity index (χ3n) is 3.54. The number of imidazole rings is 1. The lowest BCUT2D eigenvalue weighted by Gasteiger charge is -2.11. The van der Waals surface area contributed by atoms with Crippen LogP contribution in [0.2, 0.25) is 0 Å². The Morgan fingerprint density at radius 3 is 2.67 bits per heavy atom. The zero-order valence-electron chi connectivity index (χ0n) is 12.0. The highest BCUT2D eigenvalue weighted by Crippen LogP contribution is 2.28.